The first kappa shape index (κ1) is 15.6. The van der Waals surface area contributed by atoms with Crippen LogP contribution in [0.5, 0.6) is 0 Å². The molecule has 1 fully saturated rings. The van der Waals surface area contributed by atoms with Gasteiger partial charge in [-0.25, -0.2) is 0 Å². The minimum Gasteiger partial charge on any atom is -0.370 e. The van der Waals surface area contributed by atoms with E-state index < -0.39 is 0 Å². The van der Waals surface area contributed by atoms with Crippen molar-refractivity contribution in [3.63, 3.8) is 0 Å². The van der Waals surface area contributed by atoms with Crippen molar-refractivity contribution in [1.29, 1.82) is 0 Å². The molecule has 110 valence electrons. The summed E-state index contributed by atoms with van der Waals surface area (Å²) in [5, 5.41) is 0. The van der Waals surface area contributed by atoms with Gasteiger partial charge in [-0.3, -0.25) is 4.79 Å². The number of ether oxygens (including phenoxy) is 1. The van der Waals surface area contributed by atoms with Gasteiger partial charge in [0.05, 0.1) is 6.10 Å². The normalized spacial score (nSPS) is 22.7. The summed E-state index contributed by atoms with van der Waals surface area (Å²) in [7, 11) is 0. The highest BCUT2D eigenvalue weighted by molar-refractivity contribution is 7.98. The van der Waals surface area contributed by atoms with E-state index >= 15 is 0 Å². The van der Waals surface area contributed by atoms with Crippen molar-refractivity contribution in [2.75, 3.05) is 12.9 Å². The van der Waals surface area contributed by atoms with Crippen molar-refractivity contribution in [2.45, 2.75) is 50.0 Å². The van der Waals surface area contributed by atoms with Crippen molar-refractivity contribution in [3.05, 3.63) is 29.8 Å². The number of carbonyl (C=O) groups is 1. The summed E-state index contributed by atoms with van der Waals surface area (Å²) < 4.78 is 5.90. The molecule has 1 aliphatic carbocycles. The Hall–Kier alpha value is -0.800. The monoisotopic (exact) mass is 292 g/mol. The zero-order valence-electron chi connectivity index (χ0n) is 12.4. The molecule has 3 heteroatoms. The van der Waals surface area contributed by atoms with Crippen LogP contribution in [0, 0.1) is 5.92 Å². The van der Waals surface area contributed by atoms with Crippen LogP contribution in [0.1, 0.15) is 49.4 Å². The predicted octanol–water partition coefficient (Wildman–Crippen LogP) is 4.58. The molecule has 0 aromatic heterocycles. The molecular weight excluding hydrogens is 268 g/mol. The lowest BCUT2D eigenvalue weighted by molar-refractivity contribution is -0.00570. The fraction of sp³-hybridized carbons (Fsp3) is 0.588. The smallest absolute Gasteiger partial charge is 0.188 e. The highest BCUT2D eigenvalue weighted by Crippen LogP contribution is 2.29. The van der Waals surface area contributed by atoms with Gasteiger partial charge >= 0.3 is 0 Å². The molecule has 0 N–H and O–H groups in total. The van der Waals surface area contributed by atoms with Crippen LogP contribution in [-0.2, 0) is 4.74 Å². The Balaban J connectivity index is 1.87. The molecule has 0 aliphatic heterocycles. The van der Waals surface area contributed by atoms with Gasteiger partial charge in [0.1, 0.15) is 6.61 Å². The molecule has 0 spiro atoms. The maximum atomic E-state index is 12.2. The van der Waals surface area contributed by atoms with E-state index in [1.807, 2.05) is 30.5 Å². The van der Waals surface area contributed by atoms with Crippen LogP contribution in [0.2, 0.25) is 0 Å². The maximum absolute atomic E-state index is 12.2. The molecule has 0 heterocycles. The quantitative estimate of drug-likeness (QED) is 0.567. The predicted molar refractivity (Wildman–Crippen MR) is 84.5 cm³/mol. The third-order valence-electron chi connectivity index (χ3n) is 4.20. The zero-order chi connectivity index (χ0) is 14.4. The van der Waals surface area contributed by atoms with Crippen LogP contribution in [0.25, 0.3) is 0 Å². The summed E-state index contributed by atoms with van der Waals surface area (Å²) in [6, 6.07) is 7.78. The fourth-order valence-electron chi connectivity index (χ4n) is 2.90. The van der Waals surface area contributed by atoms with Crippen molar-refractivity contribution >= 4 is 17.5 Å². The van der Waals surface area contributed by atoms with Crippen molar-refractivity contribution < 1.29 is 9.53 Å². The van der Waals surface area contributed by atoms with Gasteiger partial charge in [0, 0.05) is 10.5 Å². The first-order chi connectivity index (χ1) is 9.74. The van der Waals surface area contributed by atoms with Gasteiger partial charge in [-0.15, -0.1) is 11.8 Å². The van der Waals surface area contributed by atoms with Gasteiger partial charge in [0.2, 0.25) is 0 Å². The lowest BCUT2D eigenvalue weighted by Gasteiger charge is -2.30. The van der Waals surface area contributed by atoms with Crippen LogP contribution in [-0.4, -0.2) is 24.7 Å². The Kier molecular flexibility index (Phi) is 6.11. The molecule has 20 heavy (non-hydrogen) atoms. The summed E-state index contributed by atoms with van der Waals surface area (Å²) in [6.45, 7) is 2.44. The Morgan fingerprint density at radius 1 is 1.25 bits per heavy atom. The molecule has 1 aromatic rings. The highest BCUT2D eigenvalue weighted by Gasteiger charge is 2.24. The second kappa shape index (κ2) is 7.84. The lowest BCUT2D eigenvalue weighted by atomic mass is 9.85. The van der Waals surface area contributed by atoms with Gasteiger partial charge in [0.25, 0.3) is 0 Å². The molecule has 2 unspecified atom stereocenters. The Morgan fingerprint density at radius 3 is 2.60 bits per heavy atom. The number of benzene rings is 1. The van der Waals surface area contributed by atoms with Gasteiger partial charge in [-0.05, 0) is 37.1 Å². The lowest BCUT2D eigenvalue weighted by Crippen LogP contribution is -2.29. The van der Waals surface area contributed by atoms with Crippen LogP contribution < -0.4 is 0 Å². The first-order valence-corrected chi connectivity index (χ1v) is 8.76. The van der Waals surface area contributed by atoms with Gasteiger partial charge in [0.15, 0.2) is 5.78 Å². The number of ketones is 1. The van der Waals surface area contributed by atoms with Gasteiger partial charge < -0.3 is 4.74 Å². The largest absolute Gasteiger partial charge is 0.370 e. The molecular formula is C17H24O2S. The van der Waals surface area contributed by atoms with Crippen LogP contribution in [0.15, 0.2) is 29.2 Å². The second-order valence-corrected chi connectivity index (χ2v) is 6.33. The van der Waals surface area contributed by atoms with E-state index in [4.69, 9.17) is 4.74 Å². The summed E-state index contributed by atoms with van der Waals surface area (Å²) in [4.78, 5) is 13.3. The summed E-state index contributed by atoms with van der Waals surface area (Å²) in [5.41, 5.74) is 0.756. The fourth-order valence-corrected chi connectivity index (χ4v) is 3.31. The van der Waals surface area contributed by atoms with Crippen molar-refractivity contribution in [3.8, 4) is 0 Å². The van der Waals surface area contributed by atoms with E-state index in [2.05, 4.69) is 6.92 Å². The van der Waals surface area contributed by atoms with Crippen LogP contribution >= 0.6 is 11.8 Å². The third-order valence-corrected chi connectivity index (χ3v) is 4.95. The molecule has 2 rings (SSSR count). The summed E-state index contributed by atoms with van der Waals surface area (Å²) >= 11 is 1.69. The Morgan fingerprint density at radius 2 is 1.95 bits per heavy atom. The van der Waals surface area contributed by atoms with E-state index in [1.54, 1.807) is 11.8 Å². The molecule has 0 saturated heterocycles. The molecule has 0 radical (unpaired) electrons. The van der Waals surface area contributed by atoms with Crippen molar-refractivity contribution in [2.24, 2.45) is 5.92 Å². The van der Waals surface area contributed by atoms with Crippen LogP contribution in [0.3, 0.4) is 0 Å². The molecule has 0 bridgehead atoms. The minimum atomic E-state index is 0.0954. The Bertz CT molecular complexity index is 427. The van der Waals surface area contributed by atoms with E-state index in [9.17, 15) is 4.79 Å². The molecule has 1 saturated carbocycles. The number of Topliss-reactive ketones (excluding diaryl/α,β-unsaturated/α-hetero) is 1. The number of rotatable bonds is 6. The van der Waals surface area contributed by atoms with Gasteiger partial charge in [-0.2, -0.15) is 0 Å². The van der Waals surface area contributed by atoms with Crippen LogP contribution in [0.4, 0.5) is 0 Å². The van der Waals surface area contributed by atoms with E-state index in [0.29, 0.717) is 5.92 Å². The summed E-state index contributed by atoms with van der Waals surface area (Å²) in [6.07, 6.45) is 8.37. The standard InChI is InChI=1S/C17H24O2S/c1-3-13-6-4-5-7-17(13)19-12-16(18)14-8-10-15(20-2)11-9-14/h8-11,13,17H,3-7,12H2,1-2H3. The minimum absolute atomic E-state index is 0.0954. The topological polar surface area (TPSA) is 26.3 Å². The maximum Gasteiger partial charge on any atom is 0.188 e. The SMILES string of the molecule is CCC1CCCCC1OCC(=O)c1ccc(SC)cc1. The van der Waals surface area contributed by atoms with Gasteiger partial charge in [-0.1, -0.05) is 38.3 Å². The number of hydrogen-bond donors (Lipinski definition) is 0. The Labute approximate surface area is 126 Å². The third kappa shape index (κ3) is 4.10. The van der Waals surface area contributed by atoms with E-state index in [0.717, 1.165) is 18.4 Å². The first-order valence-electron chi connectivity index (χ1n) is 7.53. The number of carbonyl (C=O) groups excluding carboxylic acids is 1. The molecule has 2 nitrogen and oxygen atoms in total. The highest BCUT2D eigenvalue weighted by atomic mass is 32.2. The molecule has 2 atom stereocenters. The van der Waals surface area contributed by atoms with Crippen molar-refractivity contribution in [1.82, 2.24) is 0 Å². The van der Waals surface area contributed by atoms with E-state index in [-0.39, 0.29) is 18.5 Å². The number of hydrogen-bond acceptors (Lipinski definition) is 3. The zero-order valence-corrected chi connectivity index (χ0v) is 13.2. The van der Waals surface area contributed by atoms with E-state index in [1.165, 1.54) is 24.2 Å². The molecule has 1 aliphatic rings. The average molecular weight is 292 g/mol. The average Bonchev–Trinajstić information content (AvgIpc) is 2.53. The number of thioether (sulfide) groups is 1. The summed E-state index contributed by atoms with van der Waals surface area (Å²) in [5.74, 6) is 0.730. The molecule has 1 aromatic carbocycles. The molecule has 0 amide bonds. The second-order valence-electron chi connectivity index (χ2n) is 5.45.